The first-order valence-electron chi connectivity index (χ1n) is 10.7. The SMILES string of the molecule is CC(C)n1ccnc1CN1CCN(C)[C@@]2(CCC(=O)N(CC3CC3)CC2)C1. The molecule has 6 nitrogen and oxygen atoms in total. The van der Waals surface area contributed by atoms with E-state index in [1.54, 1.807) is 0 Å². The molecule has 1 aliphatic carbocycles. The highest BCUT2D eigenvalue weighted by atomic mass is 16.2. The van der Waals surface area contributed by atoms with Gasteiger partial charge in [-0.2, -0.15) is 0 Å². The number of hydrogen-bond donors (Lipinski definition) is 0. The van der Waals surface area contributed by atoms with E-state index in [2.05, 4.69) is 51.3 Å². The molecule has 150 valence electrons. The van der Waals surface area contributed by atoms with E-state index < -0.39 is 0 Å². The van der Waals surface area contributed by atoms with Crippen LogP contribution >= 0.6 is 0 Å². The van der Waals surface area contributed by atoms with Crippen molar-refractivity contribution in [3.63, 3.8) is 0 Å². The first-order chi connectivity index (χ1) is 13.0. The maximum Gasteiger partial charge on any atom is 0.222 e. The molecular weight excluding hydrogens is 338 g/mol. The molecular formula is C21H35N5O. The van der Waals surface area contributed by atoms with Crippen LogP contribution in [0.1, 0.15) is 57.8 Å². The third kappa shape index (κ3) is 4.06. The first-order valence-corrected chi connectivity index (χ1v) is 10.7. The third-order valence-electron chi connectivity index (χ3n) is 6.93. The van der Waals surface area contributed by atoms with Gasteiger partial charge in [-0.3, -0.25) is 14.6 Å². The maximum atomic E-state index is 12.6. The zero-order valence-corrected chi connectivity index (χ0v) is 17.2. The van der Waals surface area contributed by atoms with Crippen LogP contribution in [0.4, 0.5) is 0 Å². The highest BCUT2D eigenvalue weighted by Crippen LogP contribution is 2.35. The third-order valence-corrected chi connectivity index (χ3v) is 6.93. The number of amides is 1. The standard InChI is InChI=1S/C21H35N5O/c1-17(2)26-11-9-22-19(26)15-24-13-12-23(3)21(16-24)7-6-20(27)25(10-8-21)14-18-4-5-18/h9,11,17-18H,4-8,10,12-16H2,1-3H3/t21-/m1/s1. The Labute approximate surface area is 163 Å². The second-order valence-electron chi connectivity index (χ2n) is 9.23. The largest absolute Gasteiger partial charge is 0.342 e. The van der Waals surface area contributed by atoms with Gasteiger partial charge in [0.15, 0.2) is 0 Å². The lowest BCUT2D eigenvalue weighted by Gasteiger charge is -2.49. The normalized spacial score (nSPS) is 28.3. The Bertz CT molecular complexity index is 667. The van der Waals surface area contributed by atoms with E-state index in [4.69, 9.17) is 0 Å². The highest BCUT2D eigenvalue weighted by Gasteiger charge is 2.43. The molecule has 0 aromatic carbocycles. The molecule has 0 bridgehead atoms. The number of aromatic nitrogens is 2. The molecule has 27 heavy (non-hydrogen) atoms. The fourth-order valence-electron chi connectivity index (χ4n) is 4.85. The Balaban J connectivity index is 1.44. The van der Waals surface area contributed by atoms with E-state index in [1.165, 1.54) is 12.8 Å². The topological polar surface area (TPSA) is 44.6 Å². The predicted octanol–water partition coefficient (Wildman–Crippen LogP) is 2.37. The number of piperazine rings is 1. The average Bonchev–Trinajstić information content (AvgIpc) is 3.37. The van der Waals surface area contributed by atoms with Crippen LogP contribution in [-0.2, 0) is 11.3 Å². The van der Waals surface area contributed by atoms with Crippen LogP contribution in [0.5, 0.6) is 0 Å². The van der Waals surface area contributed by atoms with E-state index >= 15 is 0 Å². The van der Waals surface area contributed by atoms with Gasteiger partial charge in [0.25, 0.3) is 0 Å². The van der Waals surface area contributed by atoms with Crippen LogP contribution in [0.15, 0.2) is 12.4 Å². The van der Waals surface area contributed by atoms with E-state index in [9.17, 15) is 4.79 Å². The van der Waals surface area contributed by atoms with Crippen molar-refractivity contribution in [2.45, 2.75) is 64.1 Å². The molecule has 0 N–H and O–H groups in total. The number of hydrogen-bond acceptors (Lipinski definition) is 4. The smallest absolute Gasteiger partial charge is 0.222 e. The summed E-state index contributed by atoms with van der Waals surface area (Å²) in [6.45, 7) is 10.4. The Morgan fingerprint density at radius 2 is 2.04 bits per heavy atom. The molecule has 3 fully saturated rings. The van der Waals surface area contributed by atoms with Crippen LogP contribution in [0.25, 0.3) is 0 Å². The van der Waals surface area contributed by atoms with Gasteiger partial charge in [0, 0.05) is 63.1 Å². The summed E-state index contributed by atoms with van der Waals surface area (Å²) in [5.41, 5.74) is 0.126. The first kappa shape index (κ1) is 18.9. The number of likely N-dealkylation sites (N-methyl/N-ethyl adjacent to an activating group) is 1. The number of imidazole rings is 1. The summed E-state index contributed by atoms with van der Waals surface area (Å²) in [7, 11) is 2.26. The van der Waals surface area contributed by atoms with E-state index in [1.807, 2.05) is 6.20 Å². The predicted molar refractivity (Wildman–Crippen MR) is 106 cm³/mol. The van der Waals surface area contributed by atoms with Crippen molar-refractivity contribution >= 4 is 5.91 Å². The number of carbonyl (C=O) groups excluding carboxylic acids is 1. The van der Waals surface area contributed by atoms with Crippen molar-refractivity contribution < 1.29 is 4.79 Å². The Kier molecular flexibility index (Phi) is 5.30. The molecule has 1 spiro atoms. The van der Waals surface area contributed by atoms with Crippen molar-refractivity contribution in [1.82, 2.24) is 24.3 Å². The molecule has 0 radical (unpaired) electrons. The van der Waals surface area contributed by atoms with Gasteiger partial charge in [-0.15, -0.1) is 0 Å². The fraction of sp³-hybridized carbons (Fsp3) is 0.810. The van der Waals surface area contributed by atoms with Gasteiger partial charge in [-0.25, -0.2) is 4.98 Å². The van der Waals surface area contributed by atoms with Crippen molar-refractivity contribution in [2.24, 2.45) is 5.92 Å². The van der Waals surface area contributed by atoms with Gasteiger partial charge in [0.1, 0.15) is 5.82 Å². The van der Waals surface area contributed by atoms with Gasteiger partial charge in [0.2, 0.25) is 5.91 Å². The number of likely N-dealkylation sites (tertiary alicyclic amines) is 1. The summed E-state index contributed by atoms with van der Waals surface area (Å²) in [4.78, 5) is 24.5. The van der Waals surface area contributed by atoms with Gasteiger partial charge in [-0.1, -0.05) is 0 Å². The Morgan fingerprint density at radius 3 is 2.78 bits per heavy atom. The monoisotopic (exact) mass is 373 g/mol. The number of nitrogens with zero attached hydrogens (tertiary/aromatic N) is 5. The summed E-state index contributed by atoms with van der Waals surface area (Å²) in [6, 6.07) is 0.440. The van der Waals surface area contributed by atoms with Gasteiger partial charge < -0.3 is 9.47 Å². The fourth-order valence-corrected chi connectivity index (χ4v) is 4.85. The van der Waals surface area contributed by atoms with E-state index in [0.717, 1.165) is 63.9 Å². The minimum absolute atomic E-state index is 0.126. The molecule has 3 aliphatic rings. The van der Waals surface area contributed by atoms with Crippen molar-refractivity contribution in [2.75, 3.05) is 39.8 Å². The molecule has 2 saturated heterocycles. The zero-order chi connectivity index (χ0) is 19.0. The molecule has 3 heterocycles. The molecule has 6 heteroatoms. The average molecular weight is 374 g/mol. The van der Waals surface area contributed by atoms with Crippen molar-refractivity contribution in [1.29, 1.82) is 0 Å². The minimum Gasteiger partial charge on any atom is -0.342 e. The van der Waals surface area contributed by atoms with Gasteiger partial charge in [0.05, 0.1) is 6.54 Å². The van der Waals surface area contributed by atoms with Gasteiger partial charge >= 0.3 is 0 Å². The van der Waals surface area contributed by atoms with Crippen molar-refractivity contribution in [3.05, 3.63) is 18.2 Å². The summed E-state index contributed by atoms with van der Waals surface area (Å²) < 4.78 is 2.28. The second-order valence-corrected chi connectivity index (χ2v) is 9.23. The van der Waals surface area contributed by atoms with Crippen LogP contribution < -0.4 is 0 Å². The molecule has 1 aromatic heterocycles. The van der Waals surface area contributed by atoms with E-state index in [0.29, 0.717) is 18.4 Å². The van der Waals surface area contributed by atoms with Crippen LogP contribution in [-0.4, -0.2) is 75.5 Å². The van der Waals surface area contributed by atoms with Crippen LogP contribution in [0, 0.1) is 5.92 Å². The zero-order valence-electron chi connectivity index (χ0n) is 17.2. The number of carbonyl (C=O) groups is 1. The second kappa shape index (κ2) is 7.55. The molecule has 1 saturated carbocycles. The maximum absolute atomic E-state index is 12.6. The lowest BCUT2D eigenvalue weighted by atomic mass is 9.86. The Morgan fingerprint density at radius 1 is 1.22 bits per heavy atom. The minimum atomic E-state index is 0.126. The molecule has 4 rings (SSSR count). The quantitative estimate of drug-likeness (QED) is 0.795. The van der Waals surface area contributed by atoms with Gasteiger partial charge in [-0.05, 0) is 52.5 Å². The Hall–Kier alpha value is -1.40. The lowest BCUT2D eigenvalue weighted by Crippen LogP contribution is -2.60. The molecule has 1 amide bonds. The lowest BCUT2D eigenvalue weighted by molar-refractivity contribution is -0.131. The highest BCUT2D eigenvalue weighted by molar-refractivity contribution is 5.76. The summed E-state index contributed by atoms with van der Waals surface area (Å²) in [5.74, 6) is 2.31. The molecule has 0 unspecified atom stereocenters. The molecule has 1 aromatic rings. The summed E-state index contributed by atoms with van der Waals surface area (Å²) in [6.07, 6.45) is 9.41. The van der Waals surface area contributed by atoms with E-state index in [-0.39, 0.29) is 5.54 Å². The molecule has 2 aliphatic heterocycles. The summed E-state index contributed by atoms with van der Waals surface area (Å²) >= 11 is 0. The summed E-state index contributed by atoms with van der Waals surface area (Å²) in [5, 5.41) is 0. The number of rotatable bonds is 5. The molecule has 1 atom stereocenters. The van der Waals surface area contributed by atoms with Crippen molar-refractivity contribution in [3.8, 4) is 0 Å². The van der Waals surface area contributed by atoms with Crippen LogP contribution in [0.3, 0.4) is 0 Å². The van der Waals surface area contributed by atoms with Crippen LogP contribution in [0.2, 0.25) is 0 Å².